The van der Waals surface area contributed by atoms with Crippen LogP contribution in [0.4, 0.5) is 0 Å². The summed E-state index contributed by atoms with van der Waals surface area (Å²) in [6.45, 7) is 3.13. The summed E-state index contributed by atoms with van der Waals surface area (Å²) in [4.78, 5) is 12.2. The Balaban J connectivity index is 2.80. The normalized spacial score (nSPS) is 12.4. The topological polar surface area (TPSA) is 52.3 Å². The number of ether oxygens (including phenoxy) is 1. The molecule has 1 atom stereocenters. The van der Waals surface area contributed by atoms with E-state index in [4.69, 9.17) is 10.5 Å². The Morgan fingerprint density at radius 3 is 2.76 bits per heavy atom. The fraction of sp³-hybridized carbons (Fsp3) is 0.500. The van der Waals surface area contributed by atoms with Crippen molar-refractivity contribution >= 4 is 5.78 Å². The quantitative estimate of drug-likeness (QED) is 0.736. The second-order valence-corrected chi connectivity index (χ2v) is 4.24. The van der Waals surface area contributed by atoms with Crippen molar-refractivity contribution < 1.29 is 9.53 Å². The second-order valence-electron chi connectivity index (χ2n) is 4.24. The Kier molecular flexibility index (Phi) is 5.87. The van der Waals surface area contributed by atoms with Crippen LogP contribution in [0.25, 0.3) is 0 Å². The summed E-state index contributed by atoms with van der Waals surface area (Å²) in [6.07, 6.45) is 1.51. The van der Waals surface area contributed by atoms with Crippen molar-refractivity contribution in [3.05, 3.63) is 35.4 Å². The van der Waals surface area contributed by atoms with E-state index in [2.05, 4.69) is 0 Å². The number of hydrogen-bond acceptors (Lipinski definition) is 3. The van der Waals surface area contributed by atoms with Crippen molar-refractivity contribution in [1.29, 1.82) is 0 Å². The van der Waals surface area contributed by atoms with Crippen LogP contribution in [0.5, 0.6) is 0 Å². The molecule has 0 spiro atoms. The van der Waals surface area contributed by atoms with Gasteiger partial charge in [0.1, 0.15) is 0 Å². The van der Waals surface area contributed by atoms with Gasteiger partial charge in [0.05, 0.1) is 0 Å². The van der Waals surface area contributed by atoms with E-state index in [9.17, 15) is 4.79 Å². The standard InChI is InChI=1S/C14H21NO2/c1-11(8-10-17-2)14(16)13-6-4-3-5-12(13)7-9-15/h3-6,11H,7-10,15H2,1-2H3. The zero-order chi connectivity index (χ0) is 12.7. The molecule has 0 saturated carbocycles. The van der Waals surface area contributed by atoms with E-state index in [1.807, 2.05) is 31.2 Å². The number of carbonyl (C=O) groups excluding carboxylic acids is 1. The molecule has 0 saturated heterocycles. The highest BCUT2D eigenvalue weighted by Gasteiger charge is 2.17. The minimum Gasteiger partial charge on any atom is -0.385 e. The third-order valence-electron chi connectivity index (χ3n) is 2.90. The van der Waals surface area contributed by atoms with E-state index in [0.717, 1.165) is 24.0 Å². The van der Waals surface area contributed by atoms with Crippen LogP contribution in [-0.2, 0) is 11.2 Å². The number of rotatable bonds is 7. The summed E-state index contributed by atoms with van der Waals surface area (Å²) in [5, 5.41) is 0. The highest BCUT2D eigenvalue weighted by Crippen LogP contribution is 2.16. The van der Waals surface area contributed by atoms with Gasteiger partial charge in [0.2, 0.25) is 0 Å². The number of methoxy groups -OCH3 is 1. The van der Waals surface area contributed by atoms with Crippen LogP contribution < -0.4 is 5.73 Å². The van der Waals surface area contributed by atoms with Crippen molar-refractivity contribution in [3.63, 3.8) is 0 Å². The minimum atomic E-state index is -0.00567. The number of benzene rings is 1. The van der Waals surface area contributed by atoms with Crippen molar-refractivity contribution in [2.75, 3.05) is 20.3 Å². The lowest BCUT2D eigenvalue weighted by atomic mass is 9.92. The number of nitrogens with two attached hydrogens (primary N) is 1. The number of hydrogen-bond donors (Lipinski definition) is 1. The van der Waals surface area contributed by atoms with Gasteiger partial charge >= 0.3 is 0 Å². The molecule has 2 N–H and O–H groups in total. The van der Waals surface area contributed by atoms with Gasteiger partial charge in [-0.3, -0.25) is 4.79 Å². The lowest BCUT2D eigenvalue weighted by Gasteiger charge is -2.13. The Morgan fingerprint density at radius 1 is 1.41 bits per heavy atom. The molecule has 94 valence electrons. The SMILES string of the molecule is COCCC(C)C(=O)c1ccccc1CCN. The molecule has 0 aliphatic rings. The fourth-order valence-corrected chi connectivity index (χ4v) is 1.83. The highest BCUT2D eigenvalue weighted by molar-refractivity contribution is 5.98. The van der Waals surface area contributed by atoms with Gasteiger partial charge in [-0.2, -0.15) is 0 Å². The Bertz CT molecular complexity index is 363. The summed E-state index contributed by atoms with van der Waals surface area (Å²) in [5.41, 5.74) is 7.41. The maximum Gasteiger partial charge on any atom is 0.166 e. The molecule has 17 heavy (non-hydrogen) atoms. The molecular formula is C14H21NO2. The first-order valence-corrected chi connectivity index (χ1v) is 6.01. The summed E-state index contributed by atoms with van der Waals surface area (Å²) in [5.74, 6) is 0.181. The molecule has 3 nitrogen and oxygen atoms in total. The maximum absolute atomic E-state index is 12.2. The number of carbonyl (C=O) groups is 1. The monoisotopic (exact) mass is 235 g/mol. The average Bonchev–Trinajstić information content (AvgIpc) is 2.36. The predicted octanol–water partition coefficient (Wildman–Crippen LogP) is 2.04. The van der Waals surface area contributed by atoms with Crippen molar-refractivity contribution in [2.24, 2.45) is 11.7 Å². The molecule has 0 aliphatic heterocycles. The van der Waals surface area contributed by atoms with Crippen LogP contribution in [0.15, 0.2) is 24.3 Å². The summed E-state index contributed by atoms with van der Waals surface area (Å²) in [6, 6.07) is 7.71. The van der Waals surface area contributed by atoms with Crippen LogP contribution >= 0.6 is 0 Å². The number of ketones is 1. The van der Waals surface area contributed by atoms with E-state index < -0.39 is 0 Å². The fourth-order valence-electron chi connectivity index (χ4n) is 1.83. The first-order valence-electron chi connectivity index (χ1n) is 6.01. The van der Waals surface area contributed by atoms with Gasteiger partial charge in [-0.15, -0.1) is 0 Å². The van der Waals surface area contributed by atoms with Crippen LogP contribution in [0.1, 0.15) is 29.3 Å². The summed E-state index contributed by atoms with van der Waals surface area (Å²) < 4.78 is 5.00. The van der Waals surface area contributed by atoms with Gasteiger partial charge < -0.3 is 10.5 Å². The molecule has 0 aliphatic carbocycles. The van der Waals surface area contributed by atoms with Gasteiger partial charge in [0, 0.05) is 25.2 Å². The van der Waals surface area contributed by atoms with Crippen molar-refractivity contribution in [3.8, 4) is 0 Å². The molecule has 0 bridgehead atoms. The van der Waals surface area contributed by atoms with Crippen LogP contribution in [-0.4, -0.2) is 26.0 Å². The molecule has 1 aromatic carbocycles. The van der Waals surface area contributed by atoms with Crippen LogP contribution in [0.2, 0.25) is 0 Å². The molecule has 1 aromatic rings. The summed E-state index contributed by atoms with van der Waals surface area (Å²) in [7, 11) is 1.65. The van der Waals surface area contributed by atoms with Gasteiger partial charge in [-0.1, -0.05) is 31.2 Å². The van der Waals surface area contributed by atoms with Gasteiger partial charge in [0.15, 0.2) is 5.78 Å². The van der Waals surface area contributed by atoms with Crippen LogP contribution in [0, 0.1) is 5.92 Å². The molecule has 0 heterocycles. The largest absolute Gasteiger partial charge is 0.385 e. The van der Waals surface area contributed by atoms with Crippen molar-refractivity contribution in [1.82, 2.24) is 0 Å². The van der Waals surface area contributed by atoms with E-state index in [0.29, 0.717) is 13.2 Å². The third kappa shape index (κ3) is 3.95. The zero-order valence-electron chi connectivity index (χ0n) is 10.6. The highest BCUT2D eigenvalue weighted by atomic mass is 16.5. The molecule has 3 heteroatoms. The van der Waals surface area contributed by atoms with Crippen molar-refractivity contribution in [2.45, 2.75) is 19.8 Å². The molecule has 1 unspecified atom stereocenters. The smallest absolute Gasteiger partial charge is 0.166 e. The first-order chi connectivity index (χ1) is 8.20. The van der Waals surface area contributed by atoms with E-state index in [1.165, 1.54) is 0 Å². The summed E-state index contributed by atoms with van der Waals surface area (Å²) >= 11 is 0. The van der Waals surface area contributed by atoms with Gasteiger partial charge in [-0.25, -0.2) is 0 Å². The second kappa shape index (κ2) is 7.20. The Morgan fingerprint density at radius 2 is 2.12 bits per heavy atom. The van der Waals surface area contributed by atoms with Gasteiger partial charge in [0.25, 0.3) is 0 Å². The molecule has 1 rings (SSSR count). The lowest BCUT2D eigenvalue weighted by molar-refractivity contribution is 0.0893. The lowest BCUT2D eigenvalue weighted by Crippen LogP contribution is -2.16. The molecule has 0 fully saturated rings. The molecule has 0 aromatic heterocycles. The Hall–Kier alpha value is -1.19. The maximum atomic E-state index is 12.2. The Labute approximate surface area is 103 Å². The predicted molar refractivity (Wildman–Crippen MR) is 69.2 cm³/mol. The number of Topliss-reactive ketones (excluding diaryl/α,β-unsaturated/α-hetero) is 1. The van der Waals surface area contributed by atoms with E-state index >= 15 is 0 Å². The average molecular weight is 235 g/mol. The van der Waals surface area contributed by atoms with E-state index in [1.54, 1.807) is 7.11 Å². The zero-order valence-corrected chi connectivity index (χ0v) is 10.6. The molecule has 0 radical (unpaired) electrons. The van der Waals surface area contributed by atoms with E-state index in [-0.39, 0.29) is 11.7 Å². The molecule has 0 amide bonds. The van der Waals surface area contributed by atoms with Crippen LogP contribution in [0.3, 0.4) is 0 Å². The third-order valence-corrected chi connectivity index (χ3v) is 2.90. The molecular weight excluding hydrogens is 214 g/mol. The first kappa shape index (κ1) is 13.9. The van der Waals surface area contributed by atoms with Gasteiger partial charge in [-0.05, 0) is 24.9 Å². The minimum absolute atomic E-state index is 0.00567.